The van der Waals surface area contributed by atoms with E-state index in [1.54, 1.807) is 24.3 Å². The number of thioether (sulfide) groups is 1. The van der Waals surface area contributed by atoms with Crippen molar-refractivity contribution < 1.29 is 19.1 Å². The Morgan fingerprint density at radius 1 is 1.09 bits per heavy atom. The smallest absolute Gasteiger partial charge is 0.262 e. The van der Waals surface area contributed by atoms with Crippen molar-refractivity contribution in [3.8, 4) is 11.5 Å². The van der Waals surface area contributed by atoms with Crippen molar-refractivity contribution in [3.05, 3.63) is 87.3 Å². The van der Waals surface area contributed by atoms with E-state index in [-0.39, 0.29) is 18.6 Å². The molecule has 0 unspecified atom stereocenters. The SMILES string of the molecule is O=C1Nc2cc(C(=O)NCc3ccc4c(c3)OCO4)ccc2S/C1=C/c1ccccc1Cl. The van der Waals surface area contributed by atoms with Crippen molar-refractivity contribution in [3.63, 3.8) is 0 Å². The summed E-state index contributed by atoms with van der Waals surface area (Å²) in [6, 6.07) is 18.1. The maximum atomic E-state index is 12.6. The van der Waals surface area contributed by atoms with E-state index >= 15 is 0 Å². The zero-order chi connectivity index (χ0) is 22.1. The number of halogens is 1. The maximum absolute atomic E-state index is 12.6. The van der Waals surface area contributed by atoms with Crippen LogP contribution in [0.25, 0.3) is 6.08 Å². The van der Waals surface area contributed by atoms with Gasteiger partial charge in [0.25, 0.3) is 11.8 Å². The molecule has 0 fully saturated rings. The minimum Gasteiger partial charge on any atom is -0.454 e. The number of hydrogen-bond donors (Lipinski definition) is 2. The summed E-state index contributed by atoms with van der Waals surface area (Å²) in [5, 5.41) is 6.33. The van der Waals surface area contributed by atoms with Gasteiger partial charge in [-0.15, -0.1) is 0 Å². The average molecular weight is 465 g/mol. The van der Waals surface area contributed by atoms with Crippen LogP contribution in [0.1, 0.15) is 21.5 Å². The third-order valence-corrected chi connectivity index (χ3v) is 6.46. The van der Waals surface area contributed by atoms with Crippen LogP contribution in [0.4, 0.5) is 5.69 Å². The van der Waals surface area contributed by atoms with Crippen molar-refractivity contribution >= 4 is 46.9 Å². The zero-order valence-electron chi connectivity index (χ0n) is 16.7. The second-order valence-electron chi connectivity index (χ2n) is 7.17. The second kappa shape index (κ2) is 8.61. The Morgan fingerprint density at radius 3 is 2.81 bits per heavy atom. The first kappa shape index (κ1) is 20.5. The fourth-order valence-corrected chi connectivity index (χ4v) is 4.48. The van der Waals surface area contributed by atoms with Crippen LogP contribution in [0, 0.1) is 0 Å². The standard InChI is InChI=1S/C24H17ClN2O4S/c25-17-4-2-1-3-15(17)11-22-24(29)27-18-10-16(6-8-21(18)32-22)23(28)26-12-14-5-7-19-20(9-14)31-13-30-19/h1-11H,12-13H2,(H,26,28)(H,27,29)/b22-11+. The molecule has 0 radical (unpaired) electrons. The van der Waals surface area contributed by atoms with Crippen LogP contribution in [-0.4, -0.2) is 18.6 Å². The van der Waals surface area contributed by atoms with E-state index in [4.69, 9.17) is 21.1 Å². The van der Waals surface area contributed by atoms with Crippen LogP contribution in [0.5, 0.6) is 11.5 Å². The van der Waals surface area contributed by atoms with Gasteiger partial charge in [-0.25, -0.2) is 0 Å². The number of amides is 2. The molecule has 32 heavy (non-hydrogen) atoms. The Balaban J connectivity index is 1.29. The summed E-state index contributed by atoms with van der Waals surface area (Å²) in [7, 11) is 0. The molecule has 2 aliphatic heterocycles. The Morgan fingerprint density at radius 2 is 1.94 bits per heavy atom. The maximum Gasteiger partial charge on any atom is 0.262 e. The van der Waals surface area contributed by atoms with Gasteiger partial charge in [-0.3, -0.25) is 9.59 Å². The molecule has 0 spiro atoms. The molecule has 8 heteroatoms. The van der Waals surface area contributed by atoms with Crippen LogP contribution in [0.15, 0.2) is 70.5 Å². The number of benzene rings is 3. The molecule has 160 valence electrons. The zero-order valence-corrected chi connectivity index (χ0v) is 18.3. The molecule has 2 amide bonds. The van der Waals surface area contributed by atoms with Gasteiger partial charge < -0.3 is 20.1 Å². The first-order valence-electron chi connectivity index (χ1n) is 9.83. The van der Waals surface area contributed by atoms with Gasteiger partial charge in [0.15, 0.2) is 11.5 Å². The summed E-state index contributed by atoms with van der Waals surface area (Å²) < 4.78 is 10.7. The number of carbonyl (C=O) groups excluding carboxylic acids is 2. The lowest BCUT2D eigenvalue weighted by Crippen LogP contribution is -2.23. The highest BCUT2D eigenvalue weighted by atomic mass is 35.5. The molecule has 0 bridgehead atoms. The van der Waals surface area contributed by atoms with E-state index in [9.17, 15) is 9.59 Å². The van der Waals surface area contributed by atoms with E-state index in [0.717, 1.165) is 16.0 Å². The molecule has 0 aromatic heterocycles. The lowest BCUT2D eigenvalue weighted by Gasteiger charge is -2.19. The lowest BCUT2D eigenvalue weighted by atomic mass is 10.1. The summed E-state index contributed by atoms with van der Waals surface area (Å²) in [6.07, 6.45) is 1.76. The summed E-state index contributed by atoms with van der Waals surface area (Å²) in [6.45, 7) is 0.553. The Bertz CT molecular complexity index is 1270. The molecule has 0 saturated heterocycles. The van der Waals surface area contributed by atoms with Crippen LogP contribution < -0.4 is 20.1 Å². The van der Waals surface area contributed by atoms with Crippen molar-refractivity contribution in [1.29, 1.82) is 0 Å². The van der Waals surface area contributed by atoms with Crippen molar-refractivity contribution in [2.24, 2.45) is 0 Å². The van der Waals surface area contributed by atoms with Gasteiger partial charge in [-0.05, 0) is 53.6 Å². The Hall–Kier alpha value is -3.42. The molecule has 6 nitrogen and oxygen atoms in total. The first-order valence-corrected chi connectivity index (χ1v) is 11.0. The number of hydrogen-bond acceptors (Lipinski definition) is 5. The van der Waals surface area contributed by atoms with Gasteiger partial charge in [-0.2, -0.15) is 0 Å². The number of rotatable bonds is 4. The van der Waals surface area contributed by atoms with Gasteiger partial charge in [0, 0.05) is 22.0 Å². The number of ether oxygens (including phenoxy) is 2. The van der Waals surface area contributed by atoms with E-state index < -0.39 is 0 Å². The molecule has 0 atom stereocenters. The number of carbonyl (C=O) groups is 2. The summed E-state index contributed by atoms with van der Waals surface area (Å²) in [5.74, 6) is 0.902. The van der Waals surface area contributed by atoms with Crippen molar-refractivity contribution in [1.82, 2.24) is 5.32 Å². The molecular formula is C24H17ClN2O4S. The number of fused-ring (bicyclic) bond motifs is 2. The Labute approximate surface area is 193 Å². The molecule has 2 aliphatic rings. The highest BCUT2D eigenvalue weighted by molar-refractivity contribution is 8.04. The van der Waals surface area contributed by atoms with Crippen molar-refractivity contribution in [2.45, 2.75) is 11.4 Å². The van der Waals surface area contributed by atoms with E-state index in [2.05, 4.69) is 10.6 Å². The van der Waals surface area contributed by atoms with Crippen molar-refractivity contribution in [2.75, 3.05) is 12.1 Å². The average Bonchev–Trinajstić information content (AvgIpc) is 3.27. The summed E-state index contributed by atoms with van der Waals surface area (Å²) >= 11 is 7.55. The normalized spacial score (nSPS) is 15.3. The fourth-order valence-electron chi connectivity index (χ4n) is 3.37. The summed E-state index contributed by atoms with van der Waals surface area (Å²) in [4.78, 5) is 26.6. The molecule has 2 N–H and O–H groups in total. The van der Waals surface area contributed by atoms with Gasteiger partial charge >= 0.3 is 0 Å². The van der Waals surface area contributed by atoms with E-state index in [1.165, 1.54) is 11.8 Å². The van der Waals surface area contributed by atoms with Gasteiger partial charge in [0.05, 0.1) is 10.6 Å². The van der Waals surface area contributed by atoms with Crippen LogP contribution in [-0.2, 0) is 11.3 Å². The van der Waals surface area contributed by atoms with Crippen LogP contribution >= 0.6 is 23.4 Å². The fraction of sp³-hybridized carbons (Fsp3) is 0.0833. The first-order chi connectivity index (χ1) is 15.6. The largest absolute Gasteiger partial charge is 0.454 e. The predicted octanol–water partition coefficient (Wildman–Crippen LogP) is 5.08. The quantitative estimate of drug-likeness (QED) is 0.526. The van der Waals surface area contributed by atoms with Gasteiger partial charge in [-0.1, -0.05) is 47.6 Å². The van der Waals surface area contributed by atoms with Gasteiger partial charge in [0.2, 0.25) is 6.79 Å². The minimum absolute atomic E-state index is 0.208. The van der Waals surface area contributed by atoms with Crippen LogP contribution in [0.2, 0.25) is 5.02 Å². The van der Waals surface area contributed by atoms with Crippen LogP contribution in [0.3, 0.4) is 0 Å². The number of nitrogens with one attached hydrogen (secondary N) is 2. The third kappa shape index (κ3) is 4.17. The third-order valence-electron chi connectivity index (χ3n) is 5.02. The van der Waals surface area contributed by atoms with Gasteiger partial charge in [0.1, 0.15) is 0 Å². The lowest BCUT2D eigenvalue weighted by molar-refractivity contribution is -0.112. The summed E-state index contributed by atoms with van der Waals surface area (Å²) in [5.41, 5.74) is 2.74. The molecule has 3 aromatic carbocycles. The highest BCUT2D eigenvalue weighted by Crippen LogP contribution is 2.40. The number of anilines is 1. The Kier molecular flexibility index (Phi) is 5.51. The highest BCUT2D eigenvalue weighted by Gasteiger charge is 2.22. The second-order valence-corrected chi connectivity index (χ2v) is 8.66. The van der Waals surface area contributed by atoms with E-state index in [1.807, 2.05) is 42.5 Å². The molecular weight excluding hydrogens is 448 g/mol. The molecule has 2 heterocycles. The van der Waals surface area contributed by atoms with E-state index in [0.29, 0.717) is 39.2 Å². The molecule has 5 rings (SSSR count). The molecule has 0 aliphatic carbocycles. The monoisotopic (exact) mass is 464 g/mol. The topological polar surface area (TPSA) is 76.7 Å². The predicted molar refractivity (Wildman–Crippen MR) is 124 cm³/mol. The molecule has 0 saturated carbocycles. The molecule has 3 aromatic rings. The minimum atomic E-state index is -0.236.